The number of hydrogen-bond donors (Lipinski definition) is 2. The Labute approximate surface area is 115 Å². The maximum atomic E-state index is 7.36. The van der Waals surface area contributed by atoms with Gasteiger partial charge in [-0.2, -0.15) is 0 Å². The normalized spacial score (nSPS) is 12.3. The third-order valence-electron chi connectivity index (χ3n) is 3.27. The van der Waals surface area contributed by atoms with Gasteiger partial charge in [0.2, 0.25) is 0 Å². The first kappa shape index (κ1) is 15.6. The van der Waals surface area contributed by atoms with E-state index in [1.165, 1.54) is 19.3 Å². The predicted octanol–water partition coefficient (Wildman–Crippen LogP) is 3.10. The molecule has 106 valence electrons. The zero-order valence-corrected chi connectivity index (χ0v) is 12.0. The SMILES string of the molecule is CCCCC(CC)COCc1ccnc(C(=N)N)c1. The van der Waals surface area contributed by atoms with Crippen molar-refractivity contribution in [3.8, 4) is 0 Å². The van der Waals surface area contributed by atoms with Crippen molar-refractivity contribution in [1.29, 1.82) is 5.41 Å². The van der Waals surface area contributed by atoms with E-state index in [4.69, 9.17) is 15.9 Å². The molecule has 0 spiro atoms. The second-order valence-electron chi connectivity index (χ2n) is 4.89. The quantitative estimate of drug-likeness (QED) is 0.531. The van der Waals surface area contributed by atoms with Crippen molar-refractivity contribution < 1.29 is 4.74 Å². The summed E-state index contributed by atoms with van der Waals surface area (Å²) in [5.41, 5.74) is 6.95. The van der Waals surface area contributed by atoms with Gasteiger partial charge in [0.25, 0.3) is 0 Å². The number of ether oxygens (including phenoxy) is 1. The molecule has 1 unspecified atom stereocenters. The van der Waals surface area contributed by atoms with Gasteiger partial charge in [-0.25, -0.2) is 0 Å². The molecule has 1 atom stereocenters. The van der Waals surface area contributed by atoms with Crippen LogP contribution in [0.1, 0.15) is 50.8 Å². The van der Waals surface area contributed by atoms with E-state index in [0.29, 0.717) is 18.2 Å². The van der Waals surface area contributed by atoms with E-state index < -0.39 is 0 Å². The second kappa shape index (κ2) is 8.64. The molecule has 0 amide bonds. The molecule has 1 rings (SSSR count). The number of unbranched alkanes of at least 4 members (excludes halogenated alkanes) is 1. The molecule has 19 heavy (non-hydrogen) atoms. The first-order valence-electron chi connectivity index (χ1n) is 7.04. The van der Waals surface area contributed by atoms with Crippen LogP contribution in [0.3, 0.4) is 0 Å². The summed E-state index contributed by atoms with van der Waals surface area (Å²) in [5.74, 6) is 0.644. The predicted molar refractivity (Wildman–Crippen MR) is 78.2 cm³/mol. The Morgan fingerprint density at radius 3 is 2.89 bits per heavy atom. The highest BCUT2D eigenvalue weighted by Gasteiger charge is 2.06. The lowest BCUT2D eigenvalue weighted by Crippen LogP contribution is -2.14. The van der Waals surface area contributed by atoms with Crippen molar-refractivity contribution in [2.75, 3.05) is 6.61 Å². The number of aromatic nitrogens is 1. The number of rotatable bonds is 9. The van der Waals surface area contributed by atoms with E-state index in [1.807, 2.05) is 12.1 Å². The first-order chi connectivity index (χ1) is 9.17. The highest BCUT2D eigenvalue weighted by atomic mass is 16.5. The highest BCUT2D eigenvalue weighted by Crippen LogP contribution is 2.14. The fourth-order valence-corrected chi connectivity index (χ4v) is 1.95. The standard InChI is InChI=1S/C15H25N3O/c1-3-5-6-12(4-2)10-19-11-13-7-8-18-14(9-13)15(16)17/h7-9,12H,3-6,10-11H2,1-2H3,(H3,16,17). The van der Waals surface area contributed by atoms with Crippen molar-refractivity contribution in [3.63, 3.8) is 0 Å². The zero-order valence-electron chi connectivity index (χ0n) is 12.0. The van der Waals surface area contributed by atoms with Crippen molar-refractivity contribution in [1.82, 2.24) is 4.98 Å². The summed E-state index contributed by atoms with van der Waals surface area (Å²) in [7, 11) is 0. The smallest absolute Gasteiger partial charge is 0.141 e. The molecule has 0 aliphatic carbocycles. The van der Waals surface area contributed by atoms with Crippen molar-refractivity contribution in [2.45, 2.75) is 46.1 Å². The van der Waals surface area contributed by atoms with Crippen LogP contribution in [0.2, 0.25) is 0 Å². The van der Waals surface area contributed by atoms with Gasteiger partial charge in [-0.15, -0.1) is 0 Å². The van der Waals surface area contributed by atoms with E-state index >= 15 is 0 Å². The highest BCUT2D eigenvalue weighted by molar-refractivity contribution is 5.93. The third-order valence-corrected chi connectivity index (χ3v) is 3.27. The molecule has 0 fully saturated rings. The summed E-state index contributed by atoms with van der Waals surface area (Å²) < 4.78 is 5.77. The maximum absolute atomic E-state index is 7.36. The molecule has 1 aromatic heterocycles. The van der Waals surface area contributed by atoms with Crippen molar-refractivity contribution in [2.24, 2.45) is 11.7 Å². The van der Waals surface area contributed by atoms with Gasteiger partial charge in [0.1, 0.15) is 11.5 Å². The van der Waals surface area contributed by atoms with Crippen LogP contribution >= 0.6 is 0 Å². The van der Waals surface area contributed by atoms with Gasteiger partial charge in [0.15, 0.2) is 0 Å². The molecule has 0 saturated heterocycles. The minimum atomic E-state index is -0.00349. The Morgan fingerprint density at radius 1 is 1.47 bits per heavy atom. The molecule has 0 aliphatic heterocycles. The molecule has 4 nitrogen and oxygen atoms in total. The first-order valence-corrected chi connectivity index (χ1v) is 7.04. The maximum Gasteiger partial charge on any atom is 0.141 e. The largest absolute Gasteiger partial charge is 0.382 e. The number of nitrogens with two attached hydrogens (primary N) is 1. The minimum absolute atomic E-state index is 0.00349. The number of pyridine rings is 1. The van der Waals surface area contributed by atoms with Gasteiger partial charge >= 0.3 is 0 Å². The third kappa shape index (κ3) is 5.83. The molecule has 1 aromatic rings. The van der Waals surface area contributed by atoms with E-state index in [0.717, 1.165) is 18.6 Å². The lowest BCUT2D eigenvalue weighted by Gasteiger charge is -2.14. The fourth-order valence-electron chi connectivity index (χ4n) is 1.95. The van der Waals surface area contributed by atoms with E-state index in [1.54, 1.807) is 6.20 Å². The number of nitrogens with zero attached hydrogens (tertiary/aromatic N) is 1. The molecular weight excluding hydrogens is 238 g/mol. The summed E-state index contributed by atoms with van der Waals surface area (Å²) in [4.78, 5) is 4.03. The van der Waals surface area contributed by atoms with Crippen LogP contribution < -0.4 is 5.73 Å². The number of amidine groups is 1. The lowest BCUT2D eigenvalue weighted by molar-refractivity contribution is 0.0819. The molecule has 0 aromatic carbocycles. The van der Waals surface area contributed by atoms with E-state index in [2.05, 4.69) is 18.8 Å². The van der Waals surface area contributed by atoms with E-state index in [9.17, 15) is 0 Å². The van der Waals surface area contributed by atoms with E-state index in [-0.39, 0.29) is 5.84 Å². The van der Waals surface area contributed by atoms with Gasteiger partial charge in [-0.3, -0.25) is 10.4 Å². The summed E-state index contributed by atoms with van der Waals surface area (Å²) >= 11 is 0. The fraction of sp³-hybridized carbons (Fsp3) is 0.600. The van der Waals surface area contributed by atoms with Gasteiger partial charge in [-0.05, 0) is 30.0 Å². The van der Waals surface area contributed by atoms with Crippen LogP contribution in [0.4, 0.5) is 0 Å². The summed E-state index contributed by atoms with van der Waals surface area (Å²) in [6.07, 6.45) is 6.58. The van der Waals surface area contributed by atoms with Crippen molar-refractivity contribution >= 4 is 5.84 Å². The van der Waals surface area contributed by atoms with Crippen LogP contribution in [0.25, 0.3) is 0 Å². The minimum Gasteiger partial charge on any atom is -0.382 e. The Morgan fingerprint density at radius 2 is 2.26 bits per heavy atom. The monoisotopic (exact) mass is 263 g/mol. The molecule has 0 bridgehead atoms. The molecule has 3 N–H and O–H groups in total. The lowest BCUT2D eigenvalue weighted by atomic mass is 10.0. The molecule has 0 aliphatic rings. The topological polar surface area (TPSA) is 72.0 Å². The molecule has 0 radical (unpaired) electrons. The van der Waals surface area contributed by atoms with Gasteiger partial charge in [0.05, 0.1) is 6.61 Å². The number of hydrogen-bond acceptors (Lipinski definition) is 3. The Hall–Kier alpha value is -1.42. The molecule has 0 saturated carbocycles. The van der Waals surface area contributed by atoms with Crippen LogP contribution in [0, 0.1) is 11.3 Å². The second-order valence-corrected chi connectivity index (χ2v) is 4.89. The zero-order chi connectivity index (χ0) is 14.1. The summed E-state index contributed by atoms with van der Waals surface area (Å²) in [5, 5.41) is 7.36. The van der Waals surface area contributed by atoms with Gasteiger partial charge < -0.3 is 10.5 Å². The average molecular weight is 263 g/mol. The van der Waals surface area contributed by atoms with Crippen molar-refractivity contribution in [3.05, 3.63) is 29.6 Å². The van der Waals surface area contributed by atoms with Crippen LogP contribution in [-0.2, 0) is 11.3 Å². The summed E-state index contributed by atoms with van der Waals surface area (Å²) in [6, 6.07) is 3.72. The Kier molecular flexibility index (Phi) is 7.11. The van der Waals surface area contributed by atoms with Crippen LogP contribution in [0.15, 0.2) is 18.3 Å². The van der Waals surface area contributed by atoms with Gasteiger partial charge in [-0.1, -0.05) is 33.1 Å². The number of nitrogens with one attached hydrogen (secondary N) is 1. The molecular formula is C15H25N3O. The molecule has 1 heterocycles. The molecule has 4 heteroatoms. The van der Waals surface area contributed by atoms with Crippen LogP contribution in [-0.4, -0.2) is 17.4 Å². The average Bonchev–Trinajstić information content (AvgIpc) is 2.43. The Balaban J connectivity index is 2.39. The Bertz CT molecular complexity index is 393. The number of nitrogen functional groups attached to an aromatic ring is 1. The van der Waals surface area contributed by atoms with Gasteiger partial charge in [0, 0.05) is 12.8 Å². The van der Waals surface area contributed by atoms with Crippen LogP contribution in [0.5, 0.6) is 0 Å². The summed E-state index contributed by atoms with van der Waals surface area (Å²) in [6.45, 7) is 5.79.